The van der Waals surface area contributed by atoms with Gasteiger partial charge in [0.05, 0.1) is 25.3 Å². The van der Waals surface area contributed by atoms with E-state index in [4.69, 9.17) is 9.15 Å². The molecular formula is C21H31IN4O3. The number of amides is 1. The first-order valence-corrected chi connectivity index (χ1v) is 9.34. The number of aliphatic imine (C=N–C) groups is 1. The van der Waals surface area contributed by atoms with Gasteiger partial charge in [-0.25, -0.2) is 4.99 Å². The Morgan fingerprint density at radius 1 is 1.17 bits per heavy atom. The number of hydrogen-bond donors (Lipinski definition) is 3. The van der Waals surface area contributed by atoms with Gasteiger partial charge in [0, 0.05) is 26.6 Å². The highest BCUT2D eigenvalue weighted by Crippen LogP contribution is 2.14. The molecule has 0 radical (unpaired) electrons. The topological polar surface area (TPSA) is 87.9 Å². The van der Waals surface area contributed by atoms with Gasteiger partial charge in [-0.1, -0.05) is 12.1 Å². The molecule has 0 fully saturated rings. The van der Waals surface area contributed by atoms with Crippen molar-refractivity contribution in [1.82, 2.24) is 16.0 Å². The van der Waals surface area contributed by atoms with E-state index in [1.165, 1.54) is 0 Å². The van der Waals surface area contributed by atoms with Crippen molar-refractivity contribution in [2.45, 2.75) is 26.8 Å². The van der Waals surface area contributed by atoms with Gasteiger partial charge in [0.2, 0.25) is 5.91 Å². The molecule has 2 rings (SSSR count). The molecule has 0 saturated carbocycles. The molecule has 2 aromatic rings. The second-order valence-corrected chi connectivity index (χ2v) is 7.09. The van der Waals surface area contributed by atoms with Crippen LogP contribution in [0.3, 0.4) is 0 Å². The van der Waals surface area contributed by atoms with Gasteiger partial charge in [0.15, 0.2) is 5.96 Å². The van der Waals surface area contributed by atoms with Crippen molar-refractivity contribution in [3.05, 3.63) is 54.0 Å². The Balaban J connectivity index is 0.00000420. The third-order valence-corrected chi connectivity index (χ3v) is 4.36. The van der Waals surface area contributed by atoms with E-state index < -0.39 is 5.41 Å². The minimum absolute atomic E-state index is 0. The number of methoxy groups -OCH3 is 1. The summed E-state index contributed by atoms with van der Waals surface area (Å²) in [6, 6.07) is 11.6. The highest BCUT2D eigenvalue weighted by Gasteiger charge is 2.26. The predicted octanol–water partition coefficient (Wildman–Crippen LogP) is 2.96. The quantitative estimate of drug-likeness (QED) is 0.272. The lowest BCUT2D eigenvalue weighted by molar-refractivity contribution is -0.128. The Morgan fingerprint density at radius 2 is 1.90 bits per heavy atom. The van der Waals surface area contributed by atoms with Crippen LogP contribution in [-0.4, -0.2) is 39.1 Å². The van der Waals surface area contributed by atoms with Crippen molar-refractivity contribution in [2.24, 2.45) is 10.4 Å². The van der Waals surface area contributed by atoms with Crippen LogP contribution >= 0.6 is 24.0 Å². The van der Waals surface area contributed by atoms with Crippen LogP contribution in [0.25, 0.3) is 0 Å². The predicted molar refractivity (Wildman–Crippen MR) is 126 cm³/mol. The van der Waals surface area contributed by atoms with Gasteiger partial charge in [0.1, 0.15) is 11.5 Å². The Hall–Kier alpha value is -2.23. The molecule has 0 aliphatic heterocycles. The monoisotopic (exact) mass is 514 g/mol. The normalized spacial score (nSPS) is 11.4. The molecule has 3 N–H and O–H groups in total. The average Bonchev–Trinajstić information content (AvgIpc) is 3.22. The second-order valence-electron chi connectivity index (χ2n) is 7.09. The number of benzene rings is 1. The Kier molecular flexibility index (Phi) is 10.6. The minimum Gasteiger partial charge on any atom is -0.497 e. The van der Waals surface area contributed by atoms with E-state index in [0.29, 0.717) is 25.6 Å². The lowest BCUT2D eigenvalue weighted by Crippen LogP contribution is -2.47. The van der Waals surface area contributed by atoms with Crippen molar-refractivity contribution >= 4 is 35.8 Å². The van der Waals surface area contributed by atoms with Crippen LogP contribution in [0.1, 0.15) is 25.2 Å². The molecule has 1 aromatic heterocycles. The molecule has 1 aromatic carbocycles. The minimum atomic E-state index is -0.557. The summed E-state index contributed by atoms with van der Waals surface area (Å²) in [4.78, 5) is 16.7. The summed E-state index contributed by atoms with van der Waals surface area (Å²) >= 11 is 0. The number of ether oxygens (including phenoxy) is 1. The third-order valence-electron chi connectivity index (χ3n) is 4.36. The van der Waals surface area contributed by atoms with Crippen LogP contribution in [0.5, 0.6) is 5.75 Å². The number of nitrogens with zero attached hydrogens (tertiary/aromatic N) is 1. The number of carbonyl (C=O) groups excluding carboxylic acids is 1. The molecule has 29 heavy (non-hydrogen) atoms. The first-order valence-electron chi connectivity index (χ1n) is 9.34. The van der Waals surface area contributed by atoms with E-state index in [2.05, 4.69) is 20.9 Å². The number of nitrogens with one attached hydrogen (secondary N) is 3. The summed E-state index contributed by atoms with van der Waals surface area (Å²) in [6.45, 7) is 5.43. The molecule has 0 spiro atoms. The fourth-order valence-electron chi connectivity index (χ4n) is 2.56. The SMILES string of the molecule is CNC(=O)C(C)(C)CNC(=NCc1ccc(OC)cc1)NCCc1ccco1.I. The van der Waals surface area contributed by atoms with Crippen molar-refractivity contribution in [3.63, 3.8) is 0 Å². The molecule has 160 valence electrons. The molecule has 7 nitrogen and oxygen atoms in total. The smallest absolute Gasteiger partial charge is 0.227 e. The zero-order valence-corrected chi connectivity index (χ0v) is 19.8. The third kappa shape index (κ3) is 8.35. The van der Waals surface area contributed by atoms with Gasteiger partial charge in [-0.05, 0) is 43.7 Å². The van der Waals surface area contributed by atoms with Crippen molar-refractivity contribution in [1.29, 1.82) is 0 Å². The summed E-state index contributed by atoms with van der Waals surface area (Å²) in [5, 5.41) is 9.27. The largest absolute Gasteiger partial charge is 0.497 e. The van der Waals surface area contributed by atoms with E-state index in [0.717, 1.165) is 23.5 Å². The van der Waals surface area contributed by atoms with E-state index >= 15 is 0 Å². The van der Waals surface area contributed by atoms with Gasteiger partial charge in [-0.15, -0.1) is 24.0 Å². The second kappa shape index (κ2) is 12.4. The number of halogens is 1. The molecule has 0 aliphatic carbocycles. The molecule has 1 amide bonds. The van der Waals surface area contributed by atoms with E-state index in [1.807, 2.05) is 50.2 Å². The maximum Gasteiger partial charge on any atom is 0.227 e. The van der Waals surface area contributed by atoms with Crippen molar-refractivity contribution in [2.75, 3.05) is 27.2 Å². The molecule has 8 heteroatoms. The van der Waals surface area contributed by atoms with E-state index in [-0.39, 0.29) is 29.9 Å². The summed E-state index contributed by atoms with van der Waals surface area (Å²) < 4.78 is 10.5. The van der Waals surface area contributed by atoms with Gasteiger partial charge < -0.3 is 25.1 Å². The maximum atomic E-state index is 12.0. The first-order chi connectivity index (χ1) is 13.4. The summed E-state index contributed by atoms with van der Waals surface area (Å²) in [6.07, 6.45) is 2.41. The fraction of sp³-hybridized carbons (Fsp3) is 0.429. The molecule has 0 aliphatic rings. The Bertz CT molecular complexity index is 759. The van der Waals surface area contributed by atoms with Crippen molar-refractivity contribution in [3.8, 4) is 5.75 Å². The summed E-state index contributed by atoms with van der Waals surface area (Å²) in [7, 11) is 3.29. The Morgan fingerprint density at radius 3 is 2.48 bits per heavy atom. The van der Waals surface area contributed by atoms with Gasteiger partial charge >= 0.3 is 0 Å². The number of guanidine groups is 1. The fourth-order valence-corrected chi connectivity index (χ4v) is 2.56. The van der Waals surface area contributed by atoms with Gasteiger partial charge in [0.25, 0.3) is 0 Å². The van der Waals surface area contributed by atoms with Gasteiger partial charge in [-0.2, -0.15) is 0 Å². The molecular weight excluding hydrogens is 483 g/mol. The van der Waals surface area contributed by atoms with Gasteiger partial charge in [-0.3, -0.25) is 4.79 Å². The average molecular weight is 514 g/mol. The molecule has 0 atom stereocenters. The lowest BCUT2D eigenvalue weighted by atomic mass is 9.92. The number of rotatable bonds is 9. The van der Waals surface area contributed by atoms with Crippen LogP contribution in [0, 0.1) is 5.41 Å². The maximum absolute atomic E-state index is 12.0. The zero-order chi connectivity index (χ0) is 20.4. The summed E-state index contributed by atoms with van der Waals surface area (Å²) in [5.41, 5.74) is 0.511. The number of hydrogen-bond acceptors (Lipinski definition) is 4. The lowest BCUT2D eigenvalue weighted by Gasteiger charge is -2.24. The molecule has 1 heterocycles. The highest BCUT2D eigenvalue weighted by atomic mass is 127. The van der Waals surface area contributed by atoms with E-state index in [9.17, 15) is 4.79 Å². The number of carbonyl (C=O) groups is 1. The van der Waals surface area contributed by atoms with Crippen molar-refractivity contribution < 1.29 is 13.9 Å². The Labute approximate surface area is 189 Å². The molecule has 0 bridgehead atoms. The number of furan rings is 1. The molecule has 0 unspecified atom stereocenters. The first kappa shape index (κ1) is 24.8. The zero-order valence-electron chi connectivity index (χ0n) is 17.5. The summed E-state index contributed by atoms with van der Waals surface area (Å²) in [5.74, 6) is 2.35. The van der Waals surface area contributed by atoms with Crippen LogP contribution in [0.2, 0.25) is 0 Å². The van der Waals surface area contributed by atoms with E-state index in [1.54, 1.807) is 20.4 Å². The standard InChI is InChI=1S/C21H30N4O3.HI/c1-21(2,19(26)22-3)15-25-20(23-12-11-18-6-5-13-28-18)24-14-16-7-9-17(27-4)10-8-16;/h5-10,13H,11-12,14-15H2,1-4H3,(H,22,26)(H2,23,24,25);1H. The van der Waals surface area contributed by atoms with Crippen LogP contribution in [0.4, 0.5) is 0 Å². The highest BCUT2D eigenvalue weighted by molar-refractivity contribution is 14.0. The van der Waals surface area contributed by atoms with Crippen LogP contribution in [0.15, 0.2) is 52.1 Å². The van der Waals surface area contributed by atoms with Crippen LogP contribution in [-0.2, 0) is 17.8 Å². The molecule has 0 saturated heterocycles. The van der Waals surface area contributed by atoms with Crippen LogP contribution < -0.4 is 20.7 Å².